The molecule has 1 aliphatic heterocycles. The van der Waals surface area contributed by atoms with Crippen LogP contribution >= 0.6 is 22.9 Å². The van der Waals surface area contributed by atoms with Gasteiger partial charge >= 0.3 is 0 Å². The van der Waals surface area contributed by atoms with E-state index in [0.717, 1.165) is 40.4 Å². The first-order valence-corrected chi connectivity index (χ1v) is 10.3. The van der Waals surface area contributed by atoms with Crippen molar-refractivity contribution in [3.63, 3.8) is 0 Å². The number of carbonyl (C=O) groups excluding carboxylic acids is 1. The maximum absolute atomic E-state index is 12.5. The van der Waals surface area contributed by atoms with Crippen LogP contribution in [0.2, 0.25) is 4.34 Å². The normalized spacial score (nSPS) is 14.4. The number of anilines is 1. The van der Waals surface area contributed by atoms with Crippen LogP contribution in [0.25, 0.3) is 21.8 Å². The second-order valence-electron chi connectivity index (χ2n) is 6.93. The van der Waals surface area contributed by atoms with Crippen molar-refractivity contribution in [2.75, 3.05) is 4.90 Å². The molecule has 0 atom stereocenters. The minimum atomic E-state index is 0.140. The maximum Gasteiger partial charge on any atom is 0.227 e. The predicted octanol–water partition coefficient (Wildman–Crippen LogP) is 5.60. The Balaban J connectivity index is 1.75. The van der Waals surface area contributed by atoms with E-state index >= 15 is 0 Å². The van der Waals surface area contributed by atoms with Gasteiger partial charge in [-0.15, -0.1) is 11.3 Å². The Bertz CT molecular complexity index is 984. The van der Waals surface area contributed by atoms with E-state index in [1.54, 1.807) is 12.4 Å². The van der Waals surface area contributed by atoms with Crippen molar-refractivity contribution in [2.24, 2.45) is 0 Å². The molecule has 1 amide bonds. The lowest BCUT2D eigenvalue weighted by atomic mass is 10.0. The van der Waals surface area contributed by atoms with Gasteiger partial charge in [0.15, 0.2) is 0 Å². The fraction of sp³-hybridized carbons (Fsp3) is 0.286. The molecule has 6 heteroatoms. The van der Waals surface area contributed by atoms with E-state index in [-0.39, 0.29) is 11.9 Å². The lowest BCUT2D eigenvalue weighted by molar-refractivity contribution is -0.118. The number of halogens is 1. The number of hydrogen-bond donors (Lipinski definition) is 0. The van der Waals surface area contributed by atoms with Crippen molar-refractivity contribution in [1.82, 2.24) is 9.97 Å². The molecule has 2 aromatic heterocycles. The minimum Gasteiger partial charge on any atom is -0.310 e. The van der Waals surface area contributed by atoms with Crippen molar-refractivity contribution < 1.29 is 4.79 Å². The van der Waals surface area contributed by atoms with Crippen LogP contribution in [0.15, 0.2) is 42.7 Å². The van der Waals surface area contributed by atoms with E-state index in [2.05, 4.69) is 24.9 Å². The first kappa shape index (κ1) is 18.1. The highest BCUT2D eigenvalue weighted by Crippen LogP contribution is 2.39. The largest absolute Gasteiger partial charge is 0.310 e. The lowest BCUT2D eigenvalue weighted by Crippen LogP contribution is -2.36. The maximum atomic E-state index is 12.5. The number of benzene rings is 1. The van der Waals surface area contributed by atoms with Crippen LogP contribution < -0.4 is 4.90 Å². The number of amides is 1. The van der Waals surface area contributed by atoms with Gasteiger partial charge in [-0.1, -0.05) is 17.7 Å². The van der Waals surface area contributed by atoms with E-state index in [0.29, 0.717) is 10.8 Å². The Hall–Kier alpha value is -2.24. The Kier molecular flexibility index (Phi) is 4.98. The first-order chi connectivity index (χ1) is 13.0. The molecule has 1 aliphatic rings. The molecule has 1 aromatic carbocycles. The fourth-order valence-corrected chi connectivity index (χ4v) is 4.71. The van der Waals surface area contributed by atoms with E-state index in [1.807, 2.05) is 29.2 Å². The molecule has 0 fully saturated rings. The highest BCUT2D eigenvalue weighted by Gasteiger charge is 2.25. The summed E-state index contributed by atoms with van der Waals surface area (Å²) in [4.78, 5) is 23.2. The van der Waals surface area contributed by atoms with Crippen molar-refractivity contribution in [3.8, 4) is 21.8 Å². The number of aryl methyl sites for hydroxylation is 1. The molecule has 0 unspecified atom stereocenters. The van der Waals surface area contributed by atoms with Crippen LogP contribution in [-0.4, -0.2) is 21.9 Å². The van der Waals surface area contributed by atoms with Crippen molar-refractivity contribution >= 4 is 34.5 Å². The van der Waals surface area contributed by atoms with Crippen LogP contribution in [0, 0.1) is 0 Å². The quantitative estimate of drug-likeness (QED) is 0.577. The third-order valence-corrected chi connectivity index (χ3v) is 6.05. The molecular weight excluding hydrogens is 378 g/mol. The summed E-state index contributed by atoms with van der Waals surface area (Å²) in [5, 5.41) is 0.881. The molecule has 4 rings (SSSR count). The molecule has 0 saturated heterocycles. The van der Waals surface area contributed by atoms with Crippen molar-refractivity contribution in [2.45, 2.75) is 39.2 Å². The summed E-state index contributed by atoms with van der Waals surface area (Å²) in [6, 6.07) is 10.2. The Labute approximate surface area is 167 Å². The van der Waals surface area contributed by atoms with Crippen LogP contribution in [0.5, 0.6) is 0 Å². The lowest BCUT2D eigenvalue weighted by Gasteiger charge is -2.27. The summed E-state index contributed by atoms with van der Waals surface area (Å²) in [6.07, 6.45) is 5.85. The van der Waals surface area contributed by atoms with Crippen LogP contribution in [0.3, 0.4) is 0 Å². The van der Waals surface area contributed by atoms with Gasteiger partial charge in [-0.25, -0.2) is 4.98 Å². The highest BCUT2D eigenvalue weighted by atomic mass is 35.5. The first-order valence-electron chi connectivity index (χ1n) is 9.06. The minimum absolute atomic E-state index is 0.140. The Morgan fingerprint density at radius 1 is 1.11 bits per heavy atom. The molecule has 0 N–H and O–H groups in total. The van der Waals surface area contributed by atoms with Gasteiger partial charge in [0, 0.05) is 41.7 Å². The van der Waals surface area contributed by atoms with Gasteiger partial charge in [-0.3, -0.25) is 9.78 Å². The Morgan fingerprint density at radius 2 is 1.89 bits per heavy atom. The van der Waals surface area contributed by atoms with E-state index in [9.17, 15) is 4.79 Å². The second kappa shape index (κ2) is 7.41. The molecule has 0 bridgehead atoms. The van der Waals surface area contributed by atoms with Gasteiger partial charge in [-0.05, 0) is 56.5 Å². The fourth-order valence-electron chi connectivity index (χ4n) is 3.52. The second-order valence-corrected chi connectivity index (χ2v) is 8.53. The monoisotopic (exact) mass is 397 g/mol. The van der Waals surface area contributed by atoms with Crippen LogP contribution in [0.1, 0.15) is 32.3 Å². The molecule has 0 spiro atoms. The topological polar surface area (TPSA) is 46.1 Å². The van der Waals surface area contributed by atoms with Gasteiger partial charge in [0.1, 0.15) is 15.0 Å². The smallest absolute Gasteiger partial charge is 0.227 e. The van der Waals surface area contributed by atoms with E-state index < -0.39 is 0 Å². The summed E-state index contributed by atoms with van der Waals surface area (Å²) in [7, 11) is 0. The van der Waals surface area contributed by atoms with Crippen molar-refractivity contribution in [1.29, 1.82) is 0 Å². The summed E-state index contributed by atoms with van der Waals surface area (Å²) < 4.78 is 0.673. The summed E-state index contributed by atoms with van der Waals surface area (Å²) in [6.45, 7) is 4.11. The molecule has 4 nitrogen and oxygen atoms in total. The number of thiazole rings is 1. The number of nitrogens with zero attached hydrogens (tertiary/aromatic N) is 3. The molecule has 138 valence electrons. The number of fused-ring (bicyclic) bond motifs is 1. The highest BCUT2D eigenvalue weighted by molar-refractivity contribution is 7.19. The SMILES string of the molecule is CC(C)N1C(=O)CCCc2cc(-c3nc(-c4ccncc4)sc3Cl)ccc21. The van der Waals surface area contributed by atoms with Gasteiger partial charge < -0.3 is 4.90 Å². The molecule has 0 radical (unpaired) electrons. The zero-order valence-corrected chi connectivity index (χ0v) is 16.8. The van der Waals surface area contributed by atoms with Gasteiger partial charge in [0.25, 0.3) is 0 Å². The molecule has 3 aromatic rings. The number of carbonyl (C=O) groups is 1. The standard InChI is InChI=1S/C21H20ClN3OS/c1-13(2)25-17-7-6-16(12-15(17)4-3-5-18(25)26)19-20(22)27-21(24-19)14-8-10-23-11-9-14/h6-13H,3-5H2,1-2H3. The summed E-state index contributed by atoms with van der Waals surface area (Å²) >= 11 is 7.99. The molecule has 0 saturated carbocycles. The third-order valence-electron chi connectivity index (χ3n) is 4.75. The van der Waals surface area contributed by atoms with Crippen LogP contribution in [-0.2, 0) is 11.2 Å². The number of aromatic nitrogens is 2. The zero-order chi connectivity index (χ0) is 19.0. The average molecular weight is 398 g/mol. The molecule has 27 heavy (non-hydrogen) atoms. The summed E-state index contributed by atoms with van der Waals surface area (Å²) in [5.41, 5.74) is 4.99. The number of pyridine rings is 1. The predicted molar refractivity (Wildman–Crippen MR) is 111 cm³/mol. The number of hydrogen-bond acceptors (Lipinski definition) is 4. The van der Waals surface area contributed by atoms with Gasteiger partial charge in [0.2, 0.25) is 5.91 Å². The number of rotatable bonds is 3. The average Bonchev–Trinajstić information content (AvgIpc) is 2.96. The molecular formula is C21H20ClN3OS. The third kappa shape index (κ3) is 3.49. The zero-order valence-electron chi connectivity index (χ0n) is 15.3. The summed E-state index contributed by atoms with van der Waals surface area (Å²) in [5.74, 6) is 0.197. The van der Waals surface area contributed by atoms with Gasteiger partial charge in [-0.2, -0.15) is 0 Å². The molecule has 0 aliphatic carbocycles. The molecule has 3 heterocycles. The Morgan fingerprint density at radius 3 is 2.63 bits per heavy atom. The van der Waals surface area contributed by atoms with Gasteiger partial charge in [0.05, 0.1) is 0 Å². The van der Waals surface area contributed by atoms with E-state index in [1.165, 1.54) is 16.9 Å². The van der Waals surface area contributed by atoms with E-state index in [4.69, 9.17) is 16.6 Å². The van der Waals surface area contributed by atoms with Crippen LogP contribution in [0.4, 0.5) is 5.69 Å². The van der Waals surface area contributed by atoms with Crippen molar-refractivity contribution in [3.05, 3.63) is 52.6 Å².